The third-order valence-electron chi connectivity index (χ3n) is 8.39. The quantitative estimate of drug-likeness (QED) is 0.410. The lowest BCUT2D eigenvalue weighted by Gasteiger charge is -2.48. The topological polar surface area (TPSA) is 34.2 Å². The standard InChI is InChI=1S/C29H61N5O/c1-26(2,3)32-17-15-31(16-18-32)23-25-35-24-11-14-30-28(7,8)12-13-29(9,10)34-21-19-33(20-22-34)27(4,5)6/h30H,11-25H2,1-10H3. The molecule has 208 valence electrons. The van der Waals surface area contributed by atoms with Crippen LogP contribution in [0.4, 0.5) is 0 Å². The molecule has 0 aromatic carbocycles. The Kier molecular flexibility index (Phi) is 11.5. The van der Waals surface area contributed by atoms with Crippen LogP contribution in [-0.2, 0) is 4.74 Å². The summed E-state index contributed by atoms with van der Waals surface area (Å²) >= 11 is 0. The highest BCUT2D eigenvalue weighted by Crippen LogP contribution is 2.27. The van der Waals surface area contributed by atoms with Crippen molar-refractivity contribution in [3.8, 4) is 0 Å². The minimum absolute atomic E-state index is 0.164. The molecule has 0 saturated carbocycles. The molecule has 0 atom stereocenters. The Morgan fingerprint density at radius 1 is 0.600 bits per heavy atom. The van der Waals surface area contributed by atoms with Crippen LogP contribution in [0.15, 0.2) is 0 Å². The summed E-state index contributed by atoms with van der Waals surface area (Å²) in [5, 5.41) is 3.80. The summed E-state index contributed by atoms with van der Waals surface area (Å²) in [5.41, 5.74) is 0.996. The highest BCUT2D eigenvalue weighted by Gasteiger charge is 2.34. The Labute approximate surface area is 219 Å². The first-order valence-electron chi connectivity index (χ1n) is 14.4. The van der Waals surface area contributed by atoms with Crippen LogP contribution < -0.4 is 5.32 Å². The van der Waals surface area contributed by atoms with Crippen molar-refractivity contribution in [2.45, 2.75) is 111 Å². The second kappa shape index (κ2) is 13.0. The number of ether oxygens (including phenoxy) is 1. The zero-order chi connectivity index (χ0) is 26.3. The summed E-state index contributed by atoms with van der Waals surface area (Å²) in [6.07, 6.45) is 3.50. The zero-order valence-electron chi connectivity index (χ0n) is 25.3. The minimum Gasteiger partial charge on any atom is -0.380 e. The van der Waals surface area contributed by atoms with E-state index in [0.717, 1.165) is 32.7 Å². The van der Waals surface area contributed by atoms with Gasteiger partial charge in [0, 0.05) is 87.7 Å². The Morgan fingerprint density at radius 3 is 1.60 bits per heavy atom. The molecule has 0 aromatic heterocycles. The smallest absolute Gasteiger partial charge is 0.0593 e. The molecule has 6 nitrogen and oxygen atoms in total. The maximum absolute atomic E-state index is 5.97. The number of rotatable bonds is 12. The number of piperazine rings is 2. The fourth-order valence-electron chi connectivity index (χ4n) is 5.39. The Morgan fingerprint density at radius 2 is 1.09 bits per heavy atom. The predicted octanol–water partition coefficient (Wildman–Crippen LogP) is 4.15. The van der Waals surface area contributed by atoms with E-state index >= 15 is 0 Å². The number of nitrogens with zero attached hydrogens (tertiary/aromatic N) is 4. The minimum atomic E-state index is 0.164. The molecule has 0 unspecified atom stereocenters. The summed E-state index contributed by atoms with van der Waals surface area (Å²) in [6.45, 7) is 36.8. The molecule has 2 rings (SSSR count). The van der Waals surface area contributed by atoms with Gasteiger partial charge < -0.3 is 10.1 Å². The van der Waals surface area contributed by atoms with Crippen LogP contribution in [0.3, 0.4) is 0 Å². The molecule has 6 heteroatoms. The molecule has 2 aliphatic heterocycles. The third-order valence-corrected chi connectivity index (χ3v) is 8.39. The Hall–Kier alpha value is -0.240. The van der Waals surface area contributed by atoms with Gasteiger partial charge in [0.15, 0.2) is 0 Å². The van der Waals surface area contributed by atoms with Gasteiger partial charge in [-0.1, -0.05) is 0 Å². The van der Waals surface area contributed by atoms with Gasteiger partial charge >= 0.3 is 0 Å². The van der Waals surface area contributed by atoms with Crippen molar-refractivity contribution in [3.63, 3.8) is 0 Å². The molecule has 2 saturated heterocycles. The van der Waals surface area contributed by atoms with Crippen molar-refractivity contribution in [3.05, 3.63) is 0 Å². The molecule has 2 fully saturated rings. The fraction of sp³-hybridized carbons (Fsp3) is 1.00. The van der Waals surface area contributed by atoms with E-state index in [2.05, 4.69) is 94.2 Å². The highest BCUT2D eigenvalue weighted by molar-refractivity contribution is 4.91. The molecular formula is C29H61N5O. The second-order valence-corrected chi connectivity index (χ2v) is 14.2. The van der Waals surface area contributed by atoms with Crippen molar-refractivity contribution in [1.29, 1.82) is 0 Å². The van der Waals surface area contributed by atoms with E-state index in [1.165, 1.54) is 65.2 Å². The number of nitrogens with one attached hydrogen (secondary N) is 1. The SMILES string of the molecule is CC(C)(CCC(C)(C)N1CCN(C(C)(C)C)CC1)NCCCOCCN1CCN(C(C)(C)C)CC1. The summed E-state index contributed by atoms with van der Waals surface area (Å²) in [7, 11) is 0. The molecule has 0 bridgehead atoms. The summed E-state index contributed by atoms with van der Waals surface area (Å²) in [6, 6.07) is 0. The van der Waals surface area contributed by atoms with Gasteiger partial charge in [0.1, 0.15) is 0 Å². The lowest BCUT2D eigenvalue weighted by Crippen LogP contribution is -2.58. The lowest BCUT2D eigenvalue weighted by molar-refractivity contribution is 0.00845. The van der Waals surface area contributed by atoms with Gasteiger partial charge in [0.2, 0.25) is 0 Å². The van der Waals surface area contributed by atoms with E-state index in [0.29, 0.717) is 5.54 Å². The third kappa shape index (κ3) is 11.0. The average Bonchev–Trinajstić information content (AvgIpc) is 2.76. The van der Waals surface area contributed by atoms with Gasteiger partial charge in [0.25, 0.3) is 0 Å². The second-order valence-electron chi connectivity index (χ2n) is 14.2. The van der Waals surface area contributed by atoms with E-state index in [9.17, 15) is 0 Å². The molecule has 0 radical (unpaired) electrons. The van der Waals surface area contributed by atoms with Crippen molar-refractivity contribution in [2.75, 3.05) is 78.7 Å². The predicted molar refractivity (Wildman–Crippen MR) is 151 cm³/mol. The normalized spacial score (nSPS) is 21.1. The van der Waals surface area contributed by atoms with Crippen LogP contribution in [0, 0.1) is 0 Å². The summed E-state index contributed by atoms with van der Waals surface area (Å²) in [5.74, 6) is 0. The lowest BCUT2D eigenvalue weighted by atomic mass is 9.87. The Bertz CT molecular complexity index is 591. The van der Waals surface area contributed by atoms with Gasteiger partial charge in [0.05, 0.1) is 6.61 Å². The van der Waals surface area contributed by atoms with E-state index in [1.54, 1.807) is 0 Å². The molecule has 0 aliphatic carbocycles. The molecule has 0 amide bonds. The van der Waals surface area contributed by atoms with Crippen LogP contribution in [-0.4, -0.2) is 120 Å². The fourth-order valence-corrected chi connectivity index (χ4v) is 5.39. The number of hydrogen-bond acceptors (Lipinski definition) is 6. The molecule has 0 spiro atoms. The van der Waals surface area contributed by atoms with Crippen LogP contribution in [0.25, 0.3) is 0 Å². The summed E-state index contributed by atoms with van der Waals surface area (Å²) in [4.78, 5) is 10.5. The number of hydrogen-bond donors (Lipinski definition) is 1. The molecule has 2 aliphatic rings. The Balaban J connectivity index is 1.54. The zero-order valence-corrected chi connectivity index (χ0v) is 25.3. The van der Waals surface area contributed by atoms with E-state index in [-0.39, 0.29) is 16.6 Å². The van der Waals surface area contributed by atoms with Crippen molar-refractivity contribution < 1.29 is 4.74 Å². The van der Waals surface area contributed by atoms with Gasteiger partial charge in [-0.15, -0.1) is 0 Å². The molecule has 35 heavy (non-hydrogen) atoms. The molecule has 1 N–H and O–H groups in total. The van der Waals surface area contributed by atoms with E-state index in [4.69, 9.17) is 4.74 Å². The first-order chi connectivity index (χ1) is 16.1. The van der Waals surface area contributed by atoms with Crippen LogP contribution in [0.2, 0.25) is 0 Å². The van der Waals surface area contributed by atoms with Crippen molar-refractivity contribution in [2.24, 2.45) is 0 Å². The highest BCUT2D eigenvalue weighted by atomic mass is 16.5. The largest absolute Gasteiger partial charge is 0.380 e. The van der Waals surface area contributed by atoms with Crippen LogP contribution in [0.5, 0.6) is 0 Å². The van der Waals surface area contributed by atoms with Crippen molar-refractivity contribution >= 4 is 0 Å². The first kappa shape index (κ1) is 31.0. The first-order valence-corrected chi connectivity index (χ1v) is 14.4. The molecular weight excluding hydrogens is 434 g/mol. The average molecular weight is 496 g/mol. The maximum Gasteiger partial charge on any atom is 0.0593 e. The van der Waals surface area contributed by atoms with Gasteiger partial charge in [-0.2, -0.15) is 0 Å². The van der Waals surface area contributed by atoms with Crippen molar-refractivity contribution in [1.82, 2.24) is 24.9 Å². The van der Waals surface area contributed by atoms with Crippen LogP contribution in [0.1, 0.15) is 88.5 Å². The maximum atomic E-state index is 5.97. The van der Waals surface area contributed by atoms with Gasteiger partial charge in [-0.3, -0.25) is 19.6 Å². The van der Waals surface area contributed by atoms with E-state index < -0.39 is 0 Å². The van der Waals surface area contributed by atoms with Gasteiger partial charge in [-0.05, 0) is 95.0 Å². The molecule has 0 aromatic rings. The van der Waals surface area contributed by atoms with Gasteiger partial charge in [-0.25, -0.2) is 0 Å². The summed E-state index contributed by atoms with van der Waals surface area (Å²) < 4.78 is 5.97. The molecule has 2 heterocycles. The monoisotopic (exact) mass is 495 g/mol. The van der Waals surface area contributed by atoms with Crippen LogP contribution >= 0.6 is 0 Å². The van der Waals surface area contributed by atoms with E-state index in [1.807, 2.05) is 0 Å².